The van der Waals surface area contributed by atoms with Crippen molar-refractivity contribution in [2.24, 2.45) is 0 Å². The lowest BCUT2D eigenvalue weighted by atomic mass is 10.1. The zero-order valence-corrected chi connectivity index (χ0v) is 15.1. The Bertz CT molecular complexity index is 996. The van der Waals surface area contributed by atoms with Gasteiger partial charge in [-0.05, 0) is 54.3 Å². The highest BCUT2D eigenvalue weighted by Gasteiger charge is 2.17. The van der Waals surface area contributed by atoms with Crippen molar-refractivity contribution < 1.29 is 9.90 Å². The van der Waals surface area contributed by atoms with Gasteiger partial charge in [-0.1, -0.05) is 23.7 Å². The normalized spacial score (nSPS) is 10.9. The molecule has 0 radical (unpaired) electrons. The van der Waals surface area contributed by atoms with Crippen LogP contribution in [0, 0.1) is 6.92 Å². The van der Waals surface area contributed by atoms with Crippen LogP contribution in [0.3, 0.4) is 0 Å². The molecule has 1 amide bonds. The quantitative estimate of drug-likeness (QED) is 0.724. The number of nitrogens with zero attached hydrogens (tertiary/aromatic N) is 1. The number of nitrogens with one attached hydrogen (secondary N) is 1. The first-order valence-corrected chi connectivity index (χ1v) is 8.64. The van der Waals surface area contributed by atoms with E-state index in [0.29, 0.717) is 16.1 Å². The standard InChI is InChI=1S/C20H19ClN2O3/c1-13-2-3-15-11-16(19(25)22-18(15)10-13)12-23(8-9-24)20(26)14-4-6-17(21)7-5-14/h2-7,10-11,24H,8-9,12H2,1H3,(H,22,25). The average molecular weight is 371 g/mol. The van der Waals surface area contributed by atoms with E-state index in [1.54, 1.807) is 30.3 Å². The molecule has 0 spiro atoms. The molecule has 0 aliphatic carbocycles. The number of aliphatic hydroxyl groups excluding tert-OH is 1. The van der Waals surface area contributed by atoms with Crippen molar-refractivity contribution >= 4 is 28.4 Å². The van der Waals surface area contributed by atoms with E-state index < -0.39 is 0 Å². The molecule has 0 saturated heterocycles. The van der Waals surface area contributed by atoms with Crippen molar-refractivity contribution in [1.29, 1.82) is 0 Å². The van der Waals surface area contributed by atoms with E-state index in [1.807, 2.05) is 25.1 Å². The first kappa shape index (κ1) is 18.2. The molecule has 0 aliphatic rings. The number of pyridine rings is 1. The van der Waals surface area contributed by atoms with Gasteiger partial charge in [-0.15, -0.1) is 0 Å². The number of carbonyl (C=O) groups is 1. The number of benzene rings is 2. The summed E-state index contributed by atoms with van der Waals surface area (Å²) in [6.07, 6.45) is 0. The van der Waals surface area contributed by atoms with Gasteiger partial charge in [0.05, 0.1) is 13.2 Å². The smallest absolute Gasteiger partial charge is 0.254 e. The third kappa shape index (κ3) is 3.95. The molecular formula is C20H19ClN2O3. The molecule has 2 aromatic carbocycles. The molecule has 3 rings (SSSR count). The maximum absolute atomic E-state index is 12.7. The monoisotopic (exact) mass is 370 g/mol. The molecule has 26 heavy (non-hydrogen) atoms. The van der Waals surface area contributed by atoms with Gasteiger partial charge < -0.3 is 15.0 Å². The Kier molecular flexibility index (Phi) is 5.40. The number of aliphatic hydroxyl groups is 1. The Morgan fingerprint density at radius 1 is 1.15 bits per heavy atom. The molecule has 0 atom stereocenters. The van der Waals surface area contributed by atoms with Crippen LogP contribution in [0.1, 0.15) is 21.5 Å². The third-order valence-electron chi connectivity index (χ3n) is 4.19. The van der Waals surface area contributed by atoms with Crippen LogP contribution in [-0.2, 0) is 6.54 Å². The lowest BCUT2D eigenvalue weighted by Crippen LogP contribution is -2.35. The summed E-state index contributed by atoms with van der Waals surface area (Å²) in [6.45, 7) is 2.01. The van der Waals surface area contributed by atoms with Crippen molar-refractivity contribution in [3.05, 3.63) is 80.6 Å². The lowest BCUT2D eigenvalue weighted by molar-refractivity contribution is 0.0707. The summed E-state index contributed by atoms with van der Waals surface area (Å²) in [5.41, 5.74) is 2.50. The fourth-order valence-corrected chi connectivity index (χ4v) is 2.96. The first-order valence-electron chi connectivity index (χ1n) is 8.26. The Balaban J connectivity index is 1.92. The minimum absolute atomic E-state index is 0.112. The molecule has 134 valence electrons. The van der Waals surface area contributed by atoms with Crippen molar-refractivity contribution in [3.63, 3.8) is 0 Å². The second-order valence-electron chi connectivity index (χ2n) is 6.17. The van der Waals surface area contributed by atoms with Crippen LogP contribution in [0.5, 0.6) is 0 Å². The van der Waals surface area contributed by atoms with Gasteiger partial charge in [-0.2, -0.15) is 0 Å². The van der Waals surface area contributed by atoms with Crippen molar-refractivity contribution in [2.45, 2.75) is 13.5 Å². The molecule has 3 aromatic rings. The molecule has 1 heterocycles. The molecule has 0 aliphatic heterocycles. The zero-order chi connectivity index (χ0) is 18.7. The Hall–Kier alpha value is -2.63. The molecular weight excluding hydrogens is 352 g/mol. The second kappa shape index (κ2) is 7.72. The fraction of sp³-hybridized carbons (Fsp3) is 0.200. The SMILES string of the molecule is Cc1ccc2cc(CN(CCO)C(=O)c3ccc(Cl)cc3)c(=O)[nH]c2c1. The van der Waals surface area contributed by atoms with E-state index >= 15 is 0 Å². The van der Waals surface area contributed by atoms with E-state index in [9.17, 15) is 14.7 Å². The predicted octanol–water partition coefficient (Wildman–Crippen LogP) is 3.12. The number of halogens is 1. The minimum atomic E-state index is -0.265. The maximum atomic E-state index is 12.7. The minimum Gasteiger partial charge on any atom is -0.395 e. The number of aromatic amines is 1. The third-order valence-corrected chi connectivity index (χ3v) is 4.44. The van der Waals surface area contributed by atoms with Crippen LogP contribution in [-0.4, -0.2) is 34.0 Å². The molecule has 5 nitrogen and oxygen atoms in total. The summed E-state index contributed by atoms with van der Waals surface area (Å²) < 4.78 is 0. The number of aryl methyl sites for hydroxylation is 1. The first-order chi connectivity index (χ1) is 12.5. The zero-order valence-electron chi connectivity index (χ0n) is 14.3. The fourth-order valence-electron chi connectivity index (χ4n) is 2.83. The summed E-state index contributed by atoms with van der Waals surface area (Å²) in [5, 5.41) is 10.8. The summed E-state index contributed by atoms with van der Waals surface area (Å²) in [6, 6.07) is 14.1. The number of amides is 1. The van der Waals surface area contributed by atoms with Gasteiger partial charge >= 0.3 is 0 Å². The predicted molar refractivity (Wildman–Crippen MR) is 103 cm³/mol. The molecule has 0 saturated carbocycles. The van der Waals surface area contributed by atoms with E-state index in [2.05, 4.69) is 4.98 Å². The lowest BCUT2D eigenvalue weighted by Gasteiger charge is -2.22. The molecule has 2 N–H and O–H groups in total. The Morgan fingerprint density at radius 2 is 1.88 bits per heavy atom. The van der Waals surface area contributed by atoms with Crippen molar-refractivity contribution in [3.8, 4) is 0 Å². The number of hydrogen-bond donors (Lipinski definition) is 2. The van der Waals surface area contributed by atoms with Gasteiger partial charge in [0.25, 0.3) is 11.5 Å². The van der Waals surface area contributed by atoms with Crippen LogP contribution in [0.15, 0.2) is 53.3 Å². The number of H-pyrrole nitrogens is 1. The van der Waals surface area contributed by atoms with Crippen LogP contribution in [0.4, 0.5) is 0 Å². The van der Waals surface area contributed by atoms with E-state index in [4.69, 9.17) is 11.6 Å². The molecule has 1 aromatic heterocycles. The van der Waals surface area contributed by atoms with Crippen molar-refractivity contribution in [1.82, 2.24) is 9.88 Å². The molecule has 0 fully saturated rings. The number of fused-ring (bicyclic) bond motifs is 1. The maximum Gasteiger partial charge on any atom is 0.254 e. The highest BCUT2D eigenvalue weighted by molar-refractivity contribution is 6.30. The van der Waals surface area contributed by atoms with Gasteiger partial charge in [-0.3, -0.25) is 9.59 Å². The number of rotatable bonds is 5. The van der Waals surface area contributed by atoms with Gasteiger partial charge in [0.15, 0.2) is 0 Å². The molecule has 6 heteroatoms. The second-order valence-corrected chi connectivity index (χ2v) is 6.61. The highest BCUT2D eigenvalue weighted by Crippen LogP contribution is 2.16. The molecule has 0 bridgehead atoms. The summed E-state index contributed by atoms with van der Waals surface area (Å²) in [5.74, 6) is -0.265. The largest absolute Gasteiger partial charge is 0.395 e. The summed E-state index contributed by atoms with van der Waals surface area (Å²) >= 11 is 5.86. The number of hydrogen-bond acceptors (Lipinski definition) is 3. The highest BCUT2D eigenvalue weighted by atomic mass is 35.5. The van der Waals surface area contributed by atoms with Crippen molar-refractivity contribution in [2.75, 3.05) is 13.2 Å². The van der Waals surface area contributed by atoms with Crippen LogP contribution in [0.25, 0.3) is 10.9 Å². The topological polar surface area (TPSA) is 73.4 Å². The number of aromatic nitrogens is 1. The summed E-state index contributed by atoms with van der Waals surface area (Å²) in [4.78, 5) is 29.5. The van der Waals surface area contributed by atoms with Crippen LogP contribution in [0.2, 0.25) is 5.02 Å². The van der Waals surface area contributed by atoms with Gasteiger partial charge in [0.1, 0.15) is 0 Å². The van der Waals surface area contributed by atoms with E-state index in [1.165, 1.54) is 4.90 Å². The van der Waals surface area contributed by atoms with E-state index in [-0.39, 0.29) is 31.2 Å². The van der Waals surface area contributed by atoms with Crippen LogP contribution >= 0.6 is 11.6 Å². The van der Waals surface area contributed by atoms with Gasteiger partial charge in [-0.25, -0.2) is 0 Å². The van der Waals surface area contributed by atoms with Gasteiger partial charge in [0.2, 0.25) is 0 Å². The average Bonchev–Trinajstić information content (AvgIpc) is 2.62. The van der Waals surface area contributed by atoms with Gasteiger partial charge in [0, 0.05) is 28.2 Å². The van der Waals surface area contributed by atoms with E-state index in [0.717, 1.165) is 16.5 Å². The Morgan fingerprint density at radius 3 is 2.58 bits per heavy atom. The summed E-state index contributed by atoms with van der Waals surface area (Å²) in [7, 11) is 0. The number of carbonyl (C=O) groups excluding carboxylic acids is 1. The molecule has 0 unspecified atom stereocenters. The van der Waals surface area contributed by atoms with Crippen LogP contribution < -0.4 is 5.56 Å². The Labute approximate surface area is 155 Å².